The Hall–Kier alpha value is -0.190. The van der Waals surface area contributed by atoms with Crippen LogP contribution >= 0.6 is 27.7 Å². The van der Waals surface area contributed by atoms with Gasteiger partial charge in [0, 0.05) is 6.04 Å². The molecule has 0 bridgehead atoms. The number of unbranched alkanes of at least 4 members (excludes halogenated alkanes) is 1. The molecule has 1 unspecified atom stereocenters. The van der Waals surface area contributed by atoms with Crippen molar-refractivity contribution in [1.82, 2.24) is 5.32 Å². The Morgan fingerprint density at radius 1 is 1.39 bits per heavy atom. The van der Waals surface area contributed by atoms with Crippen LogP contribution in [0.4, 0.5) is 0 Å². The Kier molecular flexibility index (Phi) is 7.79. The Labute approximate surface area is 123 Å². The molecule has 2 nitrogen and oxygen atoms in total. The van der Waals surface area contributed by atoms with Gasteiger partial charge in [-0.15, -0.1) is 0 Å². The van der Waals surface area contributed by atoms with Gasteiger partial charge in [0.05, 0.1) is 11.6 Å². The number of benzene rings is 1. The van der Waals surface area contributed by atoms with Gasteiger partial charge >= 0.3 is 0 Å². The number of hydrogen-bond donors (Lipinski definition) is 1. The molecule has 1 aromatic carbocycles. The lowest BCUT2D eigenvalue weighted by Gasteiger charge is -2.15. The summed E-state index contributed by atoms with van der Waals surface area (Å²) in [4.78, 5) is 0. The molecule has 0 fully saturated rings. The summed E-state index contributed by atoms with van der Waals surface area (Å²) >= 11 is 5.44. The van der Waals surface area contributed by atoms with Crippen LogP contribution in [-0.4, -0.2) is 25.7 Å². The highest BCUT2D eigenvalue weighted by Gasteiger charge is 2.07. The van der Waals surface area contributed by atoms with Crippen molar-refractivity contribution in [3.63, 3.8) is 0 Å². The van der Waals surface area contributed by atoms with Crippen molar-refractivity contribution in [3.05, 3.63) is 28.2 Å². The normalized spacial score (nSPS) is 12.4. The second kappa shape index (κ2) is 8.83. The molecule has 0 saturated heterocycles. The molecule has 4 heteroatoms. The molecule has 0 aliphatic carbocycles. The third-order valence-electron chi connectivity index (χ3n) is 2.90. The number of halogens is 1. The Morgan fingerprint density at radius 2 is 2.17 bits per heavy atom. The maximum absolute atomic E-state index is 5.24. The van der Waals surface area contributed by atoms with Gasteiger partial charge in [-0.05, 0) is 71.9 Å². The molecule has 1 N–H and O–H groups in total. The molecule has 0 spiro atoms. The zero-order valence-electron chi connectivity index (χ0n) is 11.3. The van der Waals surface area contributed by atoms with Crippen molar-refractivity contribution >= 4 is 27.7 Å². The van der Waals surface area contributed by atoms with E-state index in [9.17, 15) is 0 Å². The summed E-state index contributed by atoms with van der Waals surface area (Å²) in [5, 5.41) is 3.55. The highest BCUT2D eigenvalue weighted by Crippen LogP contribution is 2.27. The maximum atomic E-state index is 5.24. The SMILES string of the molecule is COc1ccc(C(C)NCCCCSC)cc1Br. The van der Waals surface area contributed by atoms with Gasteiger partial charge in [-0.3, -0.25) is 0 Å². The van der Waals surface area contributed by atoms with Crippen LogP contribution in [0.25, 0.3) is 0 Å². The average molecular weight is 332 g/mol. The summed E-state index contributed by atoms with van der Waals surface area (Å²) in [6.45, 7) is 3.27. The van der Waals surface area contributed by atoms with E-state index in [1.165, 1.54) is 24.2 Å². The first kappa shape index (κ1) is 15.9. The second-order valence-electron chi connectivity index (χ2n) is 4.27. The van der Waals surface area contributed by atoms with E-state index >= 15 is 0 Å². The molecule has 0 saturated carbocycles. The first-order valence-electron chi connectivity index (χ1n) is 6.24. The lowest BCUT2D eigenvalue weighted by atomic mass is 10.1. The summed E-state index contributed by atoms with van der Waals surface area (Å²) in [6, 6.07) is 6.62. The maximum Gasteiger partial charge on any atom is 0.133 e. The second-order valence-corrected chi connectivity index (χ2v) is 6.11. The minimum atomic E-state index is 0.376. The van der Waals surface area contributed by atoms with E-state index in [1.54, 1.807) is 7.11 Å². The summed E-state index contributed by atoms with van der Waals surface area (Å²) in [7, 11) is 1.69. The van der Waals surface area contributed by atoms with Gasteiger partial charge in [0.2, 0.25) is 0 Å². The molecule has 0 aliphatic rings. The molecule has 1 atom stereocenters. The van der Waals surface area contributed by atoms with Gasteiger partial charge in [-0.2, -0.15) is 11.8 Å². The fraction of sp³-hybridized carbons (Fsp3) is 0.571. The number of ether oxygens (including phenoxy) is 1. The number of hydrogen-bond acceptors (Lipinski definition) is 3. The van der Waals surface area contributed by atoms with Crippen LogP contribution in [0.1, 0.15) is 31.4 Å². The van der Waals surface area contributed by atoms with Crippen molar-refractivity contribution in [2.45, 2.75) is 25.8 Å². The predicted octanol–water partition coefficient (Wildman–Crippen LogP) is 4.25. The van der Waals surface area contributed by atoms with Crippen LogP contribution in [-0.2, 0) is 0 Å². The van der Waals surface area contributed by atoms with Gasteiger partial charge in [-0.25, -0.2) is 0 Å². The molecule has 0 aliphatic heterocycles. The fourth-order valence-electron chi connectivity index (χ4n) is 1.76. The predicted molar refractivity (Wildman–Crippen MR) is 84.7 cm³/mol. The molecule has 0 radical (unpaired) electrons. The standard InChI is InChI=1S/C14H22BrNOS/c1-11(16-8-4-5-9-18-3)12-6-7-14(17-2)13(15)10-12/h6-7,10-11,16H,4-5,8-9H2,1-3H3. The largest absolute Gasteiger partial charge is 0.496 e. The molecule has 1 aromatic rings. The van der Waals surface area contributed by atoms with Crippen molar-refractivity contribution in [2.24, 2.45) is 0 Å². The number of nitrogens with one attached hydrogen (secondary N) is 1. The van der Waals surface area contributed by atoms with E-state index in [2.05, 4.69) is 46.6 Å². The average Bonchev–Trinajstić information content (AvgIpc) is 2.38. The third-order valence-corrected chi connectivity index (χ3v) is 4.22. The number of rotatable bonds is 8. The Bertz CT molecular complexity index is 360. The summed E-state index contributed by atoms with van der Waals surface area (Å²) in [6.07, 6.45) is 4.68. The first-order valence-corrected chi connectivity index (χ1v) is 8.43. The molecular weight excluding hydrogens is 310 g/mol. The number of methoxy groups -OCH3 is 1. The van der Waals surface area contributed by atoms with E-state index in [0.717, 1.165) is 16.8 Å². The van der Waals surface area contributed by atoms with Gasteiger partial charge in [0.1, 0.15) is 5.75 Å². The van der Waals surface area contributed by atoms with Crippen LogP contribution < -0.4 is 10.1 Å². The Morgan fingerprint density at radius 3 is 2.78 bits per heavy atom. The number of thioether (sulfide) groups is 1. The van der Waals surface area contributed by atoms with Crippen LogP contribution in [0.3, 0.4) is 0 Å². The Balaban J connectivity index is 2.41. The highest BCUT2D eigenvalue weighted by molar-refractivity contribution is 9.10. The minimum absolute atomic E-state index is 0.376. The van der Waals surface area contributed by atoms with Gasteiger partial charge in [0.15, 0.2) is 0 Å². The quantitative estimate of drug-likeness (QED) is 0.719. The smallest absolute Gasteiger partial charge is 0.133 e. The van der Waals surface area contributed by atoms with E-state index in [4.69, 9.17) is 4.74 Å². The minimum Gasteiger partial charge on any atom is -0.496 e. The van der Waals surface area contributed by atoms with E-state index in [1.807, 2.05) is 17.8 Å². The first-order chi connectivity index (χ1) is 8.69. The zero-order chi connectivity index (χ0) is 13.4. The van der Waals surface area contributed by atoms with E-state index < -0.39 is 0 Å². The molecule has 0 aromatic heterocycles. The third kappa shape index (κ3) is 5.21. The van der Waals surface area contributed by atoms with Gasteiger partial charge in [0.25, 0.3) is 0 Å². The molecular formula is C14H22BrNOS. The zero-order valence-corrected chi connectivity index (χ0v) is 13.7. The van der Waals surface area contributed by atoms with Gasteiger partial charge in [-0.1, -0.05) is 6.07 Å². The van der Waals surface area contributed by atoms with Crippen molar-refractivity contribution in [2.75, 3.05) is 25.7 Å². The van der Waals surface area contributed by atoms with E-state index in [0.29, 0.717) is 6.04 Å². The van der Waals surface area contributed by atoms with Crippen molar-refractivity contribution < 1.29 is 4.74 Å². The fourth-order valence-corrected chi connectivity index (χ4v) is 2.81. The highest BCUT2D eigenvalue weighted by atomic mass is 79.9. The van der Waals surface area contributed by atoms with Crippen LogP contribution in [0.2, 0.25) is 0 Å². The summed E-state index contributed by atoms with van der Waals surface area (Å²) in [5.74, 6) is 2.13. The molecule has 0 heterocycles. The lowest BCUT2D eigenvalue weighted by molar-refractivity contribution is 0.411. The molecule has 18 heavy (non-hydrogen) atoms. The molecule has 1 rings (SSSR count). The monoisotopic (exact) mass is 331 g/mol. The van der Waals surface area contributed by atoms with Crippen LogP contribution in [0, 0.1) is 0 Å². The van der Waals surface area contributed by atoms with Gasteiger partial charge < -0.3 is 10.1 Å². The lowest BCUT2D eigenvalue weighted by Crippen LogP contribution is -2.20. The molecule has 0 amide bonds. The topological polar surface area (TPSA) is 21.3 Å². The van der Waals surface area contributed by atoms with Crippen LogP contribution in [0.5, 0.6) is 5.75 Å². The van der Waals surface area contributed by atoms with E-state index in [-0.39, 0.29) is 0 Å². The molecule has 102 valence electrons. The van der Waals surface area contributed by atoms with Crippen LogP contribution in [0.15, 0.2) is 22.7 Å². The summed E-state index contributed by atoms with van der Waals surface area (Å²) in [5.41, 5.74) is 1.28. The van der Waals surface area contributed by atoms with Crippen molar-refractivity contribution in [3.8, 4) is 5.75 Å². The van der Waals surface area contributed by atoms with Crippen molar-refractivity contribution in [1.29, 1.82) is 0 Å². The summed E-state index contributed by atoms with van der Waals surface area (Å²) < 4.78 is 6.25.